The number of carbonyl (C=O) groups is 2. The van der Waals surface area contributed by atoms with E-state index in [2.05, 4.69) is 18.7 Å². The van der Waals surface area contributed by atoms with E-state index in [-0.39, 0.29) is 11.8 Å². The summed E-state index contributed by atoms with van der Waals surface area (Å²) < 4.78 is 0. The van der Waals surface area contributed by atoms with Crippen molar-refractivity contribution in [2.45, 2.75) is 45.6 Å². The predicted octanol–water partition coefficient (Wildman–Crippen LogP) is 1.19. The number of amides is 2. The highest BCUT2D eigenvalue weighted by Crippen LogP contribution is 2.18. The first-order chi connectivity index (χ1) is 9.97. The van der Waals surface area contributed by atoms with Crippen molar-refractivity contribution in [3.63, 3.8) is 0 Å². The summed E-state index contributed by atoms with van der Waals surface area (Å²) in [5, 5.41) is 0. The van der Waals surface area contributed by atoms with Gasteiger partial charge in [0.2, 0.25) is 11.8 Å². The van der Waals surface area contributed by atoms with E-state index in [1.807, 2.05) is 16.8 Å². The quantitative estimate of drug-likeness (QED) is 0.765. The number of rotatable bonds is 5. The first-order valence-electron chi connectivity index (χ1n) is 8.23. The molecule has 21 heavy (non-hydrogen) atoms. The fraction of sp³-hybridized carbons (Fsp3) is 0.875. The van der Waals surface area contributed by atoms with Gasteiger partial charge in [-0.2, -0.15) is 0 Å². The molecule has 2 aliphatic heterocycles. The van der Waals surface area contributed by atoms with Gasteiger partial charge < -0.3 is 9.80 Å². The molecule has 0 spiro atoms. The van der Waals surface area contributed by atoms with Crippen molar-refractivity contribution in [2.24, 2.45) is 5.92 Å². The highest BCUT2D eigenvalue weighted by molar-refractivity contribution is 5.79. The van der Waals surface area contributed by atoms with Crippen molar-refractivity contribution in [3.8, 4) is 0 Å². The van der Waals surface area contributed by atoms with Gasteiger partial charge in [-0.15, -0.1) is 0 Å². The van der Waals surface area contributed by atoms with Gasteiger partial charge in [-0.1, -0.05) is 13.8 Å². The van der Waals surface area contributed by atoms with Gasteiger partial charge in [-0.05, 0) is 32.2 Å². The Hall–Kier alpha value is -1.10. The molecule has 2 rings (SSSR count). The summed E-state index contributed by atoms with van der Waals surface area (Å²) in [5.74, 6) is 0.955. The van der Waals surface area contributed by atoms with Gasteiger partial charge in [-0.3, -0.25) is 14.5 Å². The van der Waals surface area contributed by atoms with E-state index < -0.39 is 0 Å². The molecule has 0 aliphatic carbocycles. The van der Waals surface area contributed by atoms with E-state index in [4.69, 9.17) is 0 Å². The highest BCUT2D eigenvalue weighted by Gasteiger charge is 2.28. The normalized spacial score (nSPS) is 20.0. The lowest BCUT2D eigenvalue weighted by Gasteiger charge is -2.38. The van der Waals surface area contributed by atoms with Crippen LogP contribution in [0.5, 0.6) is 0 Å². The van der Waals surface area contributed by atoms with Gasteiger partial charge in [0.05, 0.1) is 6.54 Å². The summed E-state index contributed by atoms with van der Waals surface area (Å²) in [6, 6.07) is 0.429. The lowest BCUT2D eigenvalue weighted by molar-refractivity contribution is -0.137. The average molecular weight is 295 g/mol. The Morgan fingerprint density at radius 3 is 2.10 bits per heavy atom. The topological polar surface area (TPSA) is 43.9 Å². The van der Waals surface area contributed by atoms with Crippen LogP contribution < -0.4 is 0 Å². The Morgan fingerprint density at radius 2 is 1.62 bits per heavy atom. The summed E-state index contributed by atoms with van der Waals surface area (Å²) in [6.45, 7) is 8.20. The number of carbonyl (C=O) groups excluding carboxylic acids is 2. The van der Waals surface area contributed by atoms with Crippen LogP contribution in [-0.2, 0) is 9.59 Å². The number of hydrogen-bond acceptors (Lipinski definition) is 3. The van der Waals surface area contributed by atoms with E-state index in [9.17, 15) is 9.59 Å². The second-order valence-corrected chi connectivity index (χ2v) is 6.86. The molecule has 2 amide bonds. The lowest BCUT2D eigenvalue weighted by atomic mass is 10.0. The predicted molar refractivity (Wildman–Crippen MR) is 82.9 cm³/mol. The lowest BCUT2D eigenvalue weighted by Crippen LogP contribution is -2.51. The van der Waals surface area contributed by atoms with Gasteiger partial charge in [-0.25, -0.2) is 0 Å². The van der Waals surface area contributed by atoms with E-state index in [0.717, 1.165) is 45.4 Å². The minimum absolute atomic E-state index is 0.252. The first-order valence-corrected chi connectivity index (χ1v) is 8.23. The molecular weight excluding hydrogens is 266 g/mol. The maximum Gasteiger partial charge on any atom is 0.236 e. The Balaban J connectivity index is 1.72. The van der Waals surface area contributed by atoms with E-state index in [1.165, 1.54) is 0 Å². The van der Waals surface area contributed by atoms with Crippen LogP contribution in [0.15, 0.2) is 0 Å². The first kappa shape index (κ1) is 16.3. The van der Waals surface area contributed by atoms with Crippen molar-refractivity contribution >= 4 is 11.8 Å². The Labute approximate surface area is 128 Å². The van der Waals surface area contributed by atoms with E-state index in [1.54, 1.807) is 0 Å². The minimum atomic E-state index is 0.252. The van der Waals surface area contributed by atoms with Crippen LogP contribution >= 0.6 is 0 Å². The van der Waals surface area contributed by atoms with Gasteiger partial charge in [0.15, 0.2) is 0 Å². The van der Waals surface area contributed by atoms with Gasteiger partial charge >= 0.3 is 0 Å². The maximum atomic E-state index is 12.1. The summed E-state index contributed by atoms with van der Waals surface area (Å²) in [5.41, 5.74) is 0. The number of hydrogen-bond donors (Lipinski definition) is 0. The Morgan fingerprint density at radius 1 is 1.05 bits per heavy atom. The number of likely N-dealkylation sites (tertiary alicyclic amines) is 2. The number of piperidine rings is 1. The third-order valence-electron chi connectivity index (χ3n) is 4.62. The molecule has 0 bridgehead atoms. The molecule has 0 radical (unpaired) electrons. The fourth-order valence-corrected chi connectivity index (χ4v) is 3.04. The van der Waals surface area contributed by atoms with Crippen LogP contribution in [0, 0.1) is 5.92 Å². The van der Waals surface area contributed by atoms with E-state index in [0.29, 0.717) is 24.9 Å². The molecule has 0 unspecified atom stereocenters. The second kappa shape index (κ2) is 7.25. The Kier molecular flexibility index (Phi) is 5.62. The third-order valence-corrected chi connectivity index (χ3v) is 4.62. The number of nitrogens with zero attached hydrogens (tertiary/aromatic N) is 3. The Bertz CT molecular complexity index is 372. The SMILES string of the molecule is CC(C)CC(=O)N1CCC(N(C)CC(=O)N2CCC2)CC1. The second-order valence-electron chi connectivity index (χ2n) is 6.86. The zero-order valence-corrected chi connectivity index (χ0v) is 13.7. The van der Waals surface area contributed by atoms with Crippen LogP contribution in [0.3, 0.4) is 0 Å². The van der Waals surface area contributed by atoms with Crippen molar-refractivity contribution < 1.29 is 9.59 Å². The standard InChI is InChI=1S/C16H29N3O2/c1-13(2)11-15(20)19-9-5-14(6-10-19)17(3)12-16(21)18-7-4-8-18/h13-14H,4-12H2,1-3H3. The van der Waals surface area contributed by atoms with Crippen LogP contribution in [0.25, 0.3) is 0 Å². The molecule has 5 heteroatoms. The van der Waals surface area contributed by atoms with Crippen LogP contribution in [-0.4, -0.2) is 72.3 Å². The van der Waals surface area contributed by atoms with Crippen LogP contribution in [0.4, 0.5) is 0 Å². The van der Waals surface area contributed by atoms with Crippen molar-refractivity contribution in [1.29, 1.82) is 0 Å². The largest absolute Gasteiger partial charge is 0.343 e. The molecule has 0 N–H and O–H groups in total. The van der Waals surface area contributed by atoms with Crippen LogP contribution in [0.2, 0.25) is 0 Å². The van der Waals surface area contributed by atoms with Crippen molar-refractivity contribution in [3.05, 3.63) is 0 Å². The monoisotopic (exact) mass is 295 g/mol. The van der Waals surface area contributed by atoms with Crippen molar-refractivity contribution in [1.82, 2.24) is 14.7 Å². The highest BCUT2D eigenvalue weighted by atomic mass is 16.2. The van der Waals surface area contributed by atoms with Crippen LogP contribution in [0.1, 0.15) is 39.5 Å². The molecule has 0 aromatic rings. The molecule has 2 aliphatic rings. The molecular formula is C16H29N3O2. The molecule has 0 saturated carbocycles. The molecule has 0 aromatic heterocycles. The fourth-order valence-electron chi connectivity index (χ4n) is 3.04. The third kappa shape index (κ3) is 4.43. The van der Waals surface area contributed by atoms with Gasteiger partial charge in [0, 0.05) is 38.6 Å². The molecule has 5 nitrogen and oxygen atoms in total. The average Bonchev–Trinajstić information content (AvgIpc) is 2.35. The number of likely N-dealkylation sites (N-methyl/N-ethyl adjacent to an activating group) is 1. The molecule has 0 aromatic carbocycles. The summed E-state index contributed by atoms with van der Waals surface area (Å²) in [7, 11) is 2.04. The molecule has 2 heterocycles. The molecule has 2 fully saturated rings. The zero-order chi connectivity index (χ0) is 15.4. The van der Waals surface area contributed by atoms with Gasteiger partial charge in [0.25, 0.3) is 0 Å². The molecule has 2 saturated heterocycles. The maximum absolute atomic E-state index is 12.1. The minimum Gasteiger partial charge on any atom is -0.343 e. The van der Waals surface area contributed by atoms with Gasteiger partial charge in [0.1, 0.15) is 0 Å². The summed E-state index contributed by atoms with van der Waals surface area (Å²) >= 11 is 0. The van der Waals surface area contributed by atoms with E-state index >= 15 is 0 Å². The molecule has 0 atom stereocenters. The van der Waals surface area contributed by atoms with Crippen molar-refractivity contribution in [2.75, 3.05) is 39.8 Å². The smallest absolute Gasteiger partial charge is 0.236 e. The summed E-state index contributed by atoms with van der Waals surface area (Å²) in [6.07, 6.45) is 3.75. The zero-order valence-electron chi connectivity index (χ0n) is 13.7. The summed E-state index contributed by atoms with van der Waals surface area (Å²) in [4.78, 5) is 30.1. The molecule has 120 valence electrons.